The van der Waals surface area contributed by atoms with Crippen LogP contribution >= 0.6 is 11.6 Å². The third-order valence-corrected chi connectivity index (χ3v) is 3.39. The lowest BCUT2D eigenvalue weighted by Crippen LogP contribution is -2.14. The normalized spacial score (nSPS) is 13.9. The fourth-order valence-electron chi connectivity index (χ4n) is 1.69. The summed E-state index contributed by atoms with van der Waals surface area (Å²) in [5.41, 5.74) is 3.32. The minimum atomic E-state index is 0.317. The highest BCUT2D eigenvalue weighted by molar-refractivity contribution is 6.20. The van der Waals surface area contributed by atoms with Crippen molar-refractivity contribution in [3.8, 4) is 0 Å². The van der Waals surface area contributed by atoms with Crippen LogP contribution in [0.3, 0.4) is 0 Å². The van der Waals surface area contributed by atoms with Crippen molar-refractivity contribution in [1.82, 2.24) is 0 Å². The second-order valence-electron chi connectivity index (χ2n) is 5.18. The molecule has 0 fully saturated rings. The molecule has 0 aliphatic carbocycles. The molecule has 1 heteroatoms. The van der Waals surface area contributed by atoms with E-state index in [2.05, 4.69) is 41.5 Å². The first-order valence-electron chi connectivity index (χ1n) is 5.56. The van der Waals surface area contributed by atoms with Gasteiger partial charge in [0.15, 0.2) is 0 Å². The van der Waals surface area contributed by atoms with Crippen LogP contribution in [0.2, 0.25) is 0 Å². The van der Waals surface area contributed by atoms with Crippen molar-refractivity contribution in [2.75, 3.05) is 0 Å². The van der Waals surface area contributed by atoms with E-state index in [4.69, 9.17) is 11.6 Å². The summed E-state index contributed by atoms with van der Waals surface area (Å²) in [6, 6.07) is 0. The number of allylic oxidation sites excluding steroid dienone is 2. The summed E-state index contributed by atoms with van der Waals surface area (Å²) in [4.78, 5) is 0. The average Bonchev–Trinajstić information content (AvgIpc) is 2.01. The third-order valence-electron chi connectivity index (χ3n) is 3.17. The SMILES string of the molecule is CC(C)=C(C)C(C)(C)CCCC(C)Cl. The van der Waals surface area contributed by atoms with Gasteiger partial charge in [0, 0.05) is 5.38 Å². The second kappa shape index (κ2) is 5.80. The molecule has 0 aromatic carbocycles. The van der Waals surface area contributed by atoms with Gasteiger partial charge in [0.05, 0.1) is 0 Å². The fourth-order valence-corrected chi connectivity index (χ4v) is 1.84. The first-order chi connectivity index (χ1) is 6.27. The average molecular weight is 217 g/mol. The second-order valence-corrected chi connectivity index (χ2v) is 5.93. The van der Waals surface area contributed by atoms with Crippen LogP contribution in [-0.2, 0) is 0 Å². The highest BCUT2D eigenvalue weighted by atomic mass is 35.5. The van der Waals surface area contributed by atoms with E-state index in [1.54, 1.807) is 0 Å². The van der Waals surface area contributed by atoms with Crippen LogP contribution in [-0.4, -0.2) is 5.38 Å². The van der Waals surface area contributed by atoms with Crippen LogP contribution in [0.25, 0.3) is 0 Å². The maximum atomic E-state index is 5.94. The van der Waals surface area contributed by atoms with Crippen LogP contribution in [0.5, 0.6) is 0 Å². The minimum Gasteiger partial charge on any atom is -0.123 e. The monoisotopic (exact) mass is 216 g/mol. The number of alkyl halides is 1. The summed E-state index contributed by atoms with van der Waals surface area (Å²) >= 11 is 5.94. The Morgan fingerprint density at radius 2 is 1.71 bits per heavy atom. The van der Waals surface area contributed by atoms with Crippen LogP contribution in [0.15, 0.2) is 11.1 Å². The molecule has 0 aliphatic heterocycles. The van der Waals surface area contributed by atoms with Gasteiger partial charge in [-0.05, 0) is 46.0 Å². The Kier molecular flexibility index (Phi) is 5.81. The molecule has 0 aromatic rings. The summed E-state index contributed by atoms with van der Waals surface area (Å²) < 4.78 is 0. The van der Waals surface area contributed by atoms with Crippen molar-refractivity contribution in [2.45, 2.75) is 66.2 Å². The number of hydrogen-bond acceptors (Lipinski definition) is 0. The molecule has 0 aliphatic rings. The summed E-state index contributed by atoms with van der Waals surface area (Å²) in [7, 11) is 0. The van der Waals surface area contributed by atoms with Crippen LogP contribution in [0.4, 0.5) is 0 Å². The maximum Gasteiger partial charge on any atom is 0.0307 e. The van der Waals surface area contributed by atoms with Crippen molar-refractivity contribution in [1.29, 1.82) is 0 Å². The van der Waals surface area contributed by atoms with E-state index in [9.17, 15) is 0 Å². The molecular formula is C13H25Cl. The molecule has 84 valence electrons. The highest BCUT2D eigenvalue weighted by Gasteiger charge is 2.20. The summed E-state index contributed by atoms with van der Waals surface area (Å²) in [6.07, 6.45) is 3.59. The number of hydrogen-bond donors (Lipinski definition) is 0. The van der Waals surface area contributed by atoms with Gasteiger partial charge in [0.2, 0.25) is 0 Å². The Balaban J connectivity index is 4.15. The topological polar surface area (TPSA) is 0 Å². The first-order valence-corrected chi connectivity index (χ1v) is 5.99. The van der Waals surface area contributed by atoms with Crippen molar-refractivity contribution >= 4 is 11.6 Å². The first kappa shape index (κ1) is 14.0. The van der Waals surface area contributed by atoms with E-state index in [-0.39, 0.29) is 0 Å². The predicted molar refractivity (Wildman–Crippen MR) is 67.0 cm³/mol. The quantitative estimate of drug-likeness (QED) is 0.440. The molecule has 1 unspecified atom stereocenters. The Hall–Kier alpha value is 0.0300. The number of halogens is 1. The van der Waals surface area contributed by atoms with Crippen LogP contribution in [0.1, 0.15) is 60.8 Å². The molecule has 0 saturated carbocycles. The van der Waals surface area contributed by atoms with Gasteiger partial charge in [0.25, 0.3) is 0 Å². The van der Waals surface area contributed by atoms with E-state index >= 15 is 0 Å². The molecule has 0 amide bonds. The zero-order chi connectivity index (χ0) is 11.4. The van der Waals surface area contributed by atoms with Gasteiger partial charge in [-0.25, -0.2) is 0 Å². The lowest BCUT2D eigenvalue weighted by molar-refractivity contribution is 0.384. The van der Waals surface area contributed by atoms with Crippen molar-refractivity contribution in [3.63, 3.8) is 0 Å². The third kappa shape index (κ3) is 5.05. The fraction of sp³-hybridized carbons (Fsp3) is 0.846. The molecule has 14 heavy (non-hydrogen) atoms. The van der Waals surface area contributed by atoms with Gasteiger partial charge in [-0.1, -0.05) is 31.4 Å². The Bertz CT molecular complexity index is 195. The Morgan fingerprint density at radius 3 is 2.07 bits per heavy atom. The predicted octanol–water partition coefficient (Wildman–Crippen LogP) is 5.17. The van der Waals surface area contributed by atoms with E-state index in [0.717, 1.165) is 6.42 Å². The smallest absolute Gasteiger partial charge is 0.0307 e. The van der Waals surface area contributed by atoms with E-state index in [1.807, 2.05) is 0 Å². The largest absolute Gasteiger partial charge is 0.123 e. The molecule has 0 spiro atoms. The van der Waals surface area contributed by atoms with Crippen LogP contribution < -0.4 is 0 Å². The minimum absolute atomic E-state index is 0.317. The van der Waals surface area contributed by atoms with Crippen molar-refractivity contribution in [3.05, 3.63) is 11.1 Å². The lowest BCUT2D eigenvalue weighted by atomic mass is 9.78. The Morgan fingerprint density at radius 1 is 1.21 bits per heavy atom. The molecule has 0 rings (SSSR count). The zero-order valence-electron chi connectivity index (χ0n) is 10.6. The summed E-state index contributed by atoms with van der Waals surface area (Å²) in [6.45, 7) is 13.4. The lowest BCUT2D eigenvalue weighted by Gasteiger charge is -2.27. The zero-order valence-corrected chi connectivity index (χ0v) is 11.3. The van der Waals surface area contributed by atoms with Gasteiger partial charge in [-0.3, -0.25) is 0 Å². The maximum absolute atomic E-state index is 5.94. The molecule has 0 heterocycles. The van der Waals surface area contributed by atoms with Gasteiger partial charge < -0.3 is 0 Å². The molecule has 0 aromatic heterocycles. The van der Waals surface area contributed by atoms with Crippen molar-refractivity contribution < 1.29 is 0 Å². The molecule has 0 radical (unpaired) electrons. The molecule has 0 bridgehead atoms. The van der Waals surface area contributed by atoms with Gasteiger partial charge >= 0.3 is 0 Å². The van der Waals surface area contributed by atoms with Gasteiger partial charge in [-0.15, -0.1) is 11.6 Å². The van der Waals surface area contributed by atoms with Gasteiger partial charge in [-0.2, -0.15) is 0 Å². The summed E-state index contributed by atoms with van der Waals surface area (Å²) in [5, 5.41) is 0.317. The molecule has 0 nitrogen and oxygen atoms in total. The molecule has 0 N–H and O–H groups in total. The number of rotatable bonds is 5. The molecular weight excluding hydrogens is 192 g/mol. The molecule has 0 saturated heterocycles. The van der Waals surface area contributed by atoms with Crippen molar-refractivity contribution in [2.24, 2.45) is 5.41 Å². The van der Waals surface area contributed by atoms with E-state index in [0.29, 0.717) is 10.8 Å². The Labute approximate surface area is 94.7 Å². The van der Waals surface area contributed by atoms with E-state index < -0.39 is 0 Å². The summed E-state index contributed by atoms with van der Waals surface area (Å²) in [5.74, 6) is 0. The van der Waals surface area contributed by atoms with Crippen LogP contribution in [0, 0.1) is 5.41 Å². The van der Waals surface area contributed by atoms with E-state index in [1.165, 1.54) is 24.0 Å². The standard InChI is InChI=1S/C13H25Cl/c1-10(2)12(4)13(5,6)9-7-8-11(3)14/h11H,7-9H2,1-6H3. The van der Waals surface area contributed by atoms with Gasteiger partial charge in [0.1, 0.15) is 0 Å². The molecule has 1 atom stereocenters. The highest BCUT2D eigenvalue weighted by Crippen LogP contribution is 2.34.